The highest BCUT2D eigenvalue weighted by Gasteiger charge is 2.28. The van der Waals surface area contributed by atoms with E-state index in [-0.39, 0.29) is 16.7 Å². The lowest BCUT2D eigenvalue weighted by molar-refractivity contribution is -0.0328. The summed E-state index contributed by atoms with van der Waals surface area (Å²) in [5, 5.41) is 0. The summed E-state index contributed by atoms with van der Waals surface area (Å²) in [4.78, 5) is 2.34. The standard InChI is InChI=1S/C12H16F3NS/c1-16(2)9-3-4-10-5-7-11(8-6-10)17-12(13,14)15/h5-8H,3-4,9H2,1-2H3. The smallest absolute Gasteiger partial charge is 0.309 e. The van der Waals surface area contributed by atoms with Crippen LogP contribution in [0.5, 0.6) is 0 Å². The Morgan fingerprint density at radius 1 is 1.12 bits per heavy atom. The number of rotatable bonds is 5. The Morgan fingerprint density at radius 2 is 1.71 bits per heavy atom. The summed E-state index contributed by atoms with van der Waals surface area (Å²) < 4.78 is 36.3. The van der Waals surface area contributed by atoms with Gasteiger partial charge in [-0.2, -0.15) is 13.2 Å². The number of benzene rings is 1. The predicted octanol–water partition coefficient (Wildman–Crippen LogP) is 3.79. The Morgan fingerprint density at radius 3 is 2.18 bits per heavy atom. The summed E-state index contributed by atoms with van der Waals surface area (Å²) in [6.45, 7) is 0.985. The molecule has 1 aromatic rings. The maximum Gasteiger partial charge on any atom is 0.446 e. The largest absolute Gasteiger partial charge is 0.446 e. The van der Waals surface area contributed by atoms with Gasteiger partial charge in [0.05, 0.1) is 0 Å². The zero-order chi connectivity index (χ0) is 12.9. The molecule has 0 spiro atoms. The molecule has 1 aromatic carbocycles. The second-order valence-electron chi connectivity index (χ2n) is 4.10. The average molecular weight is 263 g/mol. The van der Waals surface area contributed by atoms with Crippen LogP contribution in [0.25, 0.3) is 0 Å². The number of hydrogen-bond donors (Lipinski definition) is 0. The third kappa shape index (κ3) is 6.58. The number of halogens is 3. The average Bonchev–Trinajstić information content (AvgIpc) is 2.18. The van der Waals surface area contributed by atoms with E-state index in [1.54, 1.807) is 12.1 Å². The fraction of sp³-hybridized carbons (Fsp3) is 0.500. The topological polar surface area (TPSA) is 3.24 Å². The number of hydrogen-bond acceptors (Lipinski definition) is 2. The zero-order valence-corrected chi connectivity index (χ0v) is 10.7. The zero-order valence-electron chi connectivity index (χ0n) is 9.92. The molecule has 0 aromatic heterocycles. The van der Waals surface area contributed by atoms with Crippen LogP contribution in [0.1, 0.15) is 12.0 Å². The van der Waals surface area contributed by atoms with Crippen LogP contribution < -0.4 is 0 Å². The molecule has 0 heterocycles. The SMILES string of the molecule is CN(C)CCCc1ccc(SC(F)(F)F)cc1. The van der Waals surface area contributed by atoms with Crippen LogP contribution in [0.4, 0.5) is 13.2 Å². The van der Waals surface area contributed by atoms with E-state index in [9.17, 15) is 13.2 Å². The van der Waals surface area contributed by atoms with Crippen molar-refractivity contribution in [3.05, 3.63) is 29.8 Å². The first-order valence-corrected chi connectivity index (χ1v) is 6.18. The van der Waals surface area contributed by atoms with Gasteiger partial charge in [-0.25, -0.2) is 0 Å². The Hall–Kier alpha value is -0.680. The lowest BCUT2D eigenvalue weighted by atomic mass is 10.1. The van der Waals surface area contributed by atoms with Crippen molar-refractivity contribution < 1.29 is 13.2 Å². The van der Waals surface area contributed by atoms with Crippen molar-refractivity contribution in [2.75, 3.05) is 20.6 Å². The first-order valence-electron chi connectivity index (χ1n) is 5.36. The summed E-state index contributed by atoms with van der Waals surface area (Å²) in [6.07, 6.45) is 1.91. The van der Waals surface area contributed by atoms with Crippen LogP contribution >= 0.6 is 11.8 Å². The fourth-order valence-electron chi connectivity index (χ4n) is 1.46. The first-order chi connectivity index (χ1) is 7.87. The van der Waals surface area contributed by atoms with E-state index in [0.717, 1.165) is 24.9 Å². The van der Waals surface area contributed by atoms with E-state index in [1.165, 1.54) is 12.1 Å². The van der Waals surface area contributed by atoms with E-state index < -0.39 is 5.51 Å². The molecule has 0 radical (unpaired) electrons. The molecule has 0 fully saturated rings. The van der Waals surface area contributed by atoms with E-state index in [4.69, 9.17) is 0 Å². The number of thioether (sulfide) groups is 1. The molecule has 1 nitrogen and oxygen atoms in total. The summed E-state index contributed by atoms with van der Waals surface area (Å²) >= 11 is -0.0700. The van der Waals surface area contributed by atoms with Gasteiger partial charge < -0.3 is 4.90 Å². The van der Waals surface area contributed by atoms with Crippen LogP contribution in [0, 0.1) is 0 Å². The van der Waals surface area contributed by atoms with Crippen molar-refractivity contribution >= 4 is 11.8 Å². The van der Waals surface area contributed by atoms with Crippen LogP contribution in [-0.2, 0) is 6.42 Å². The van der Waals surface area contributed by atoms with Crippen LogP contribution in [0.2, 0.25) is 0 Å². The van der Waals surface area contributed by atoms with Gasteiger partial charge in [0.1, 0.15) is 0 Å². The van der Waals surface area contributed by atoms with Crippen LogP contribution in [0.3, 0.4) is 0 Å². The maximum absolute atomic E-state index is 12.1. The highest BCUT2D eigenvalue weighted by atomic mass is 32.2. The minimum atomic E-state index is -4.20. The normalized spacial score (nSPS) is 12.1. The van der Waals surface area contributed by atoms with Crippen LogP contribution in [0.15, 0.2) is 29.2 Å². The molecule has 0 saturated heterocycles. The molecule has 96 valence electrons. The summed E-state index contributed by atoms with van der Waals surface area (Å²) in [5.41, 5.74) is -3.12. The molecule has 0 aliphatic carbocycles. The van der Waals surface area contributed by atoms with E-state index in [2.05, 4.69) is 4.90 Å². The molecule has 1 rings (SSSR count). The summed E-state index contributed by atoms with van der Waals surface area (Å²) in [7, 11) is 4.01. The molecular weight excluding hydrogens is 247 g/mol. The quantitative estimate of drug-likeness (QED) is 0.743. The Bertz CT molecular complexity index is 333. The van der Waals surface area contributed by atoms with Crippen molar-refractivity contribution in [3.63, 3.8) is 0 Å². The minimum absolute atomic E-state index is 0.0700. The predicted molar refractivity (Wildman–Crippen MR) is 65.2 cm³/mol. The van der Waals surface area contributed by atoms with E-state index in [0.29, 0.717) is 0 Å². The Kier molecular flexibility index (Phi) is 5.33. The van der Waals surface area contributed by atoms with Crippen molar-refractivity contribution in [3.8, 4) is 0 Å². The molecule has 17 heavy (non-hydrogen) atoms. The molecule has 5 heteroatoms. The molecule has 0 N–H and O–H groups in total. The summed E-state index contributed by atoms with van der Waals surface area (Å²) in [6, 6.07) is 6.60. The molecule has 0 atom stereocenters. The van der Waals surface area contributed by atoms with Gasteiger partial charge in [0, 0.05) is 4.90 Å². The third-order valence-electron chi connectivity index (χ3n) is 2.23. The number of aryl methyl sites for hydroxylation is 1. The van der Waals surface area contributed by atoms with Crippen LogP contribution in [-0.4, -0.2) is 31.0 Å². The van der Waals surface area contributed by atoms with Crippen molar-refractivity contribution in [2.24, 2.45) is 0 Å². The molecule has 0 aliphatic heterocycles. The van der Waals surface area contributed by atoms with E-state index in [1.807, 2.05) is 14.1 Å². The Labute approximate surface area is 104 Å². The molecule has 0 aliphatic rings. The monoisotopic (exact) mass is 263 g/mol. The van der Waals surface area contributed by atoms with Gasteiger partial charge in [-0.3, -0.25) is 0 Å². The lowest BCUT2D eigenvalue weighted by Crippen LogP contribution is -2.13. The molecule has 0 unspecified atom stereocenters. The first kappa shape index (κ1) is 14.4. The van der Waals surface area contributed by atoms with Crippen molar-refractivity contribution in [1.29, 1.82) is 0 Å². The van der Waals surface area contributed by atoms with Crippen molar-refractivity contribution in [1.82, 2.24) is 4.90 Å². The number of nitrogens with zero attached hydrogens (tertiary/aromatic N) is 1. The molecule has 0 bridgehead atoms. The fourth-order valence-corrected chi connectivity index (χ4v) is 2.00. The Balaban J connectivity index is 2.45. The lowest BCUT2D eigenvalue weighted by Gasteiger charge is -2.09. The van der Waals surface area contributed by atoms with Gasteiger partial charge in [-0.05, 0) is 62.9 Å². The highest BCUT2D eigenvalue weighted by Crippen LogP contribution is 2.36. The highest BCUT2D eigenvalue weighted by molar-refractivity contribution is 8.00. The van der Waals surface area contributed by atoms with Crippen molar-refractivity contribution in [2.45, 2.75) is 23.2 Å². The second-order valence-corrected chi connectivity index (χ2v) is 5.24. The van der Waals surface area contributed by atoms with Gasteiger partial charge in [0.2, 0.25) is 0 Å². The van der Waals surface area contributed by atoms with E-state index >= 15 is 0 Å². The molecule has 0 saturated carbocycles. The van der Waals surface area contributed by atoms with Gasteiger partial charge >= 0.3 is 5.51 Å². The molecule has 0 amide bonds. The van der Waals surface area contributed by atoms with Gasteiger partial charge in [-0.15, -0.1) is 0 Å². The van der Waals surface area contributed by atoms with Gasteiger partial charge in [0.15, 0.2) is 0 Å². The van der Waals surface area contributed by atoms with Gasteiger partial charge in [-0.1, -0.05) is 12.1 Å². The minimum Gasteiger partial charge on any atom is -0.309 e. The second kappa shape index (κ2) is 6.31. The third-order valence-corrected chi connectivity index (χ3v) is 2.97. The van der Waals surface area contributed by atoms with Gasteiger partial charge in [0.25, 0.3) is 0 Å². The number of alkyl halides is 3. The summed E-state index contributed by atoms with van der Waals surface area (Å²) in [5.74, 6) is 0. The maximum atomic E-state index is 12.1. The molecular formula is C12H16F3NS.